The van der Waals surface area contributed by atoms with Gasteiger partial charge in [-0.1, -0.05) is 0 Å². The predicted molar refractivity (Wildman–Crippen MR) is 55.0 cm³/mol. The largest absolute Gasteiger partial charge is 0.508 e. The van der Waals surface area contributed by atoms with Crippen LogP contribution in [0.2, 0.25) is 0 Å². The minimum Gasteiger partial charge on any atom is -0.508 e. The topological polar surface area (TPSA) is 74.6 Å². The van der Waals surface area contributed by atoms with Crippen LogP contribution in [0.4, 0.5) is 0 Å². The quantitative estimate of drug-likeness (QED) is 0.785. The Balaban J connectivity index is 2.58. The Kier molecular flexibility index (Phi) is 2.28. The van der Waals surface area contributed by atoms with Crippen molar-refractivity contribution in [2.45, 2.75) is 11.3 Å². The number of hydrogen-bond acceptors (Lipinski definition) is 4. The van der Waals surface area contributed by atoms with Gasteiger partial charge in [-0.05, 0) is 29.8 Å². The zero-order valence-corrected chi connectivity index (χ0v) is 8.66. The average Bonchev–Trinajstić information content (AvgIpc) is 2.39. The number of aliphatic hydroxyl groups excluding tert-OH is 1. The van der Waals surface area contributed by atoms with Gasteiger partial charge in [0.25, 0.3) is 0 Å². The molecular weight excluding hydrogens is 216 g/mol. The predicted octanol–water partition coefficient (Wildman–Crippen LogP) is 0.903. The van der Waals surface area contributed by atoms with Gasteiger partial charge in [0.05, 0.1) is 9.80 Å². The van der Waals surface area contributed by atoms with Crippen molar-refractivity contribution in [2.24, 2.45) is 0 Å². The molecule has 0 bridgehead atoms. The molecule has 1 aliphatic rings. The Labute approximate surface area is 87.4 Å². The molecule has 0 unspecified atom stereocenters. The Morgan fingerprint density at radius 1 is 1.27 bits per heavy atom. The van der Waals surface area contributed by atoms with Crippen molar-refractivity contribution in [1.29, 1.82) is 0 Å². The van der Waals surface area contributed by atoms with Crippen LogP contribution in [-0.2, 0) is 9.84 Å². The molecule has 0 saturated heterocycles. The Hall–Kier alpha value is -1.33. The third-order valence-corrected chi connectivity index (χ3v) is 4.27. The summed E-state index contributed by atoms with van der Waals surface area (Å²) in [6.07, 6.45) is 1.60. The number of sulfone groups is 1. The third-order valence-electron chi connectivity index (χ3n) is 2.30. The number of benzene rings is 1. The van der Waals surface area contributed by atoms with Crippen molar-refractivity contribution in [1.82, 2.24) is 0 Å². The van der Waals surface area contributed by atoms with E-state index < -0.39 is 9.84 Å². The number of aromatic hydroxyl groups is 1. The lowest BCUT2D eigenvalue weighted by atomic mass is 10.2. The maximum absolute atomic E-state index is 11.8. The molecule has 4 nitrogen and oxygen atoms in total. The summed E-state index contributed by atoms with van der Waals surface area (Å²) in [6, 6.07) is 4.12. The lowest BCUT2D eigenvalue weighted by molar-refractivity contribution is 0.301. The highest BCUT2D eigenvalue weighted by Crippen LogP contribution is 2.35. The SMILES string of the molecule is O=S1(=O)C(CCO)=Cc2cc(O)ccc21. The monoisotopic (exact) mass is 226 g/mol. The third kappa shape index (κ3) is 1.53. The fourth-order valence-corrected chi connectivity index (χ4v) is 3.20. The summed E-state index contributed by atoms with van der Waals surface area (Å²) in [5.74, 6) is 0.0328. The second kappa shape index (κ2) is 3.36. The van der Waals surface area contributed by atoms with Crippen molar-refractivity contribution in [3.05, 3.63) is 28.7 Å². The van der Waals surface area contributed by atoms with E-state index in [4.69, 9.17) is 5.11 Å². The zero-order valence-electron chi connectivity index (χ0n) is 7.84. The van der Waals surface area contributed by atoms with Crippen molar-refractivity contribution in [2.75, 3.05) is 6.61 Å². The normalized spacial score (nSPS) is 17.3. The molecule has 1 aliphatic heterocycles. The summed E-state index contributed by atoms with van der Waals surface area (Å²) in [5, 5.41) is 17.9. The molecule has 0 spiro atoms. The van der Waals surface area contributed by atoms with Crippen molar-refractivity contribution >= 4 is 15.9 Å². The van der Waals surface area contributed by atoms with E-state index in [1.165, 1.54) is 24.3 Å². The smallest absolute Gasteiger partial charge is 0.203 e. The van der Waals surface area contributed by atoms with E-state index in [9.17, 15) is 13.5 Å². The summed E-state index contributed by atoms with van der Waals surface area (Å²) in [6.45, 7) is -0.203. The molecule has 0 amide bonds. The summed E-state index contributed by atoms with van der Waals surface area (Å²) in [7, 11) is -3.44. The van der Waals surface area contributed by atoms with Gasteiger partial charge in [-0.25, -0.2) is 8.42 Å². The first kappa shape index (κ1) is 10.2. The molecule has 1 heterocycles. The minimum atomic E-state index is -3.44. The van der Waals surface area contributed by atoms with Gasteiger partial charge >= 0.3 is 0 Å². The second-order valence-electron chi connectivity index (χ2n) is 3.31. The summed E-state index contributed by atoms with van der Waals surface area (Å²) < 4.78 is 23.6. The highest BCUT2D eigenvalue weighted by molar-refractivity contribution is 7.95. The van der Waals surface area contributed by atoms with E-state index in [2.05, 4.69) is 0 Å². The minimum absolute atomic E-state index is 0.0328. The zero-order chi connectivity index (χ0) is 11.1. The average molecular weight is 226 g/mol. The van der Waals surface area contributed by atoms with Gasteiger partial charge in [-0.3, -0.25) is 0 Å². The van der Waals surface area contributed by atoms with Gasteiger partial charge in [0.2, 0.25) is 9.84 Å². The standard InChI is InChI=1S/C10H10O4S/c11-4-3-9-6-7-5-8(12)1-2-10(7)15(9,13)14/h1-2,5-6,11-12H,3-4H2. The van der Waals surface area contributed by atoms with Gasteiger partial charge in [0.1, 0.15) is 5.75 Å². The molecule has 1 aromatic rings. The molecule has 5 heteroatoms. The molecule has 0 fully saturated rings. The number of phenols is 1. The molecule has 0 aliphatic carbocycles. The first-order valence-electron chi connectivity index (χ1n) is 4.45. The molecule has 0 saturated carbocycles. The molecule has 2 N–H and O–H groups in total. The van der Waals surface area contributed by atoms with E-state index in [1.54, 1.807) is 0 Å². The Morgan fingerprint density at radius 3 is 2.67 bits per heavy atom. The van der Waals surface area contributed by atoms with Crippen LogP contribution in [0.5, 0.6) is 5.75 Å². The second-order valence-corrected chi connectivity index (χ2v) is 5.28. The molecule has 1 aromatic carbocycles. The van der Waals surface area contributed by atoms with Crippen molar-refractivity contribution in [3.63, 3.8) is 0 Å². The molecule has 80 valence electrons. The maximum Gasteiger partial charge on any atom is 0.203 e. The van der Waals surface area contributed by atoms with E-state index in [-0.39, 0.29) is 28.6 Å². The van der Waals surface area contributed by atoms with E-state index >= 15 is 0 Å². The highest BCUT2D eigenvalue weighted by Gasteiger charge is 2.28. The van der Waals surface area contributed by atoms with Crippen LogP contribution < -0.4 is 0 Å². The number of rotatable bonds is 2. The van der Waals surface area contributed by atoms with Gasteiger partial charge in [0.15, 0.2) is 0 Å². The van der Waals surface area contributed by atoms with Gasteiger partial charge in [0, 0.05) is 13.0 Å². The molecule has 2 rings (SSSR count). The van der Waals surface area contributed by atoms with Crippen molar-refractivity contribution in [3.8, 4) is 5.75 Å². The summed E-state index contributed by atoms with van der Waals surface area (Å²) in [4.78, 5) is 0.398. The Morgan fingerprint density at radius 2 is 2.00 bits per heavy atom. The molecule has 0 radical (unpaired) electrons. The van der Waals surface area contributed by atoms with Crippen LogP contribution in [0, 0.1) is 0 Å². The molecule has 0 atom stereocenters. The van der Waals surface area contributed by atoms with E-state index in [0.717, 1.165) is 0 Å². The fourth-order valence-electron chi connectivity index (χ4n) is 1.60. The number of aliphatic hydroxyl groups is 1. The lowest BCUT2D eigenvalue weighted by Gasteiger charge is -2.01. The number of fused-ring (bicyclic) bond motifs is 1. The fraction of sp³-hybridized carbons (Fsp3) is 0.200. The highest BCUT2D eigenvalue weighted by atomic mass is 32.2. The van der Waals surface area contributed by atoms with E-state index in [0.29, 0.717) is 5.56 Å². The van der Waals surface area contributed by atoms with Gasteiger partial charge in [-0.2, -0.15) is 0 Å². The van der Waals surface area contributed by atoms with Crippen LogP contribution >= 0.6 is 0 Å². The number of hydrogen-bond donors (Lipinski definition) is 2. The first-order valence-corrected chi connectivity index (χ1v) is 5.93. The summed E-state index contributed by atoms with van der Waals surface area (Å²) in [5.41, 5.74) is 0.485. The van der Waals surface area contributed by atoms with Crippen LogP contribution in [0.15, 0.2) is 28.0 Å². The Bertz CT molecular complexity index is 528. The van der Waals surface area contributed by atoms with Crippen LogP contribution in [0.3, 0.4) is 0 Å². The summed E-state index contributed by atoms with van der Waals surface area (Å²) >= 11 is 0. The molecular formula is C10H10O4S. The van der Waals surface area contributed by atoms with Crippen LogP contribution in [0.25, 0.3) is 6.08 Å². The maximum atomic E-state index is 11.8. The molecule has 15 heavy (non-hydrogen) atoms. The van der Waals surface area contributed by atoms with Crippen LogP contribution in [-0.4, -0.2) is 25.2 Å². The van der Waals surface area contributed by atoms with Crippen LogP contribution in [0.1, 0.15) is 12.0 Å². The van der Waals surface area contributed by atoms with Gasteiger partial charge < -0.3 is 10.2 Å². The van der Waals surface area contributed by atoms with E-state index in [1.807, 2.05) is 0 Å². The lowest BCUT2D eigenvalue weighted by Crippen LogP contribution is -2.01. The van der Waals surface area contributed by atoms with Gasteiger partial charge in [-0.15, -0.1) is 0 Å². The first-order chi connectivity index (χ1) is 7.05. The van der Waals surface area contributed by atoms with Crippen molar-refractivity contribution < 1.29 is 18.6 Å². The molecule has 0 aromatic heterocycles. The number of phenolic OH excluding ortho intramolecular Hbond substituents is 1.